The van der Waals surface area contributed by atoms with Crippen LogP contribution >= 0.6 is 23.2 Å². The summed E-state index contributed by atoms with van der Waals surface area (Å²) < 4.78 is 5.85. The van der Waals surface area contributed by atoms with Gasteiger partial charge in [0.25, 0.3) is 0 Å². The summed E-state index contributed by atoms with van der Waals surface area (Å²) in [5.74, 6) is 0.836. The van der Waals surface area contributed by atoms with Crippen LogP contribution in [0.1, 0.15) is 38.3 Å². The zero-order chi connectivity index (χ0) is 12.3. The van der Waals surface area contributed by atoms with Gasteiger partial charge in [-0.05, 0) is 43.7 Å². The lowest BCUT2D eigenvalue weighted by molar-refractivity contribution is 0.00733. The third-order valence-corrected chi connectivity index (χ3v) is 3.86. The molecule has 2 nitrogen and oxygen atoms in total. The van der Waals surface area contributed by atoms with Gasteiger partial charge in [0, 0.05) is 0 Å². The molecule has 0 bridgehead atoms. The summed E-state index contributed by atoms with van der Waals surface area (Å²) in [6.45, 7) is 2.75. The summed E-state index contributed by atoms with van der Waals surface area (Å²) >= 11 is 11.9. The van der Waals surface area contributed by atoms with Crippen LogP contribution < -0.4 is 0 Å². The first kappa shape index (κ1) is 13.1. The van der Waals surface area contributed by atoms with E-state index in [1.807, 2.05) is 0 Å². The molecule has 0 aromatic carbocycles. The molecule has 0 spiro atoms. The smallest absolute Gasteiger partial charge is 0.129 e. The standard InChI is InChI=1S/C13H17Cl2NO/c1-9-2-4-10(5-3-9)17-8-12-11(14)6-7-13(15)16-12/h6-7,9-10H,2-5,8H2,1H3. The van der Waals surface area contributed by atoms with Gasteiger partial charge in [0.1, 0.15) is 5.15 Å². The summed E-state index contributed by atoms with van der Waals surface area (Å²) in [4.78, 5) is 4.18. The predicted octanol–water partition coefficient (Wildman–Crippen LogP) is 4.48. The van der Waals surface area contributed by atoms with Crippen LogP contribution in [0.3, 0.4) is 0 Å². The van der Waals surface area contributed by atoms with Crippen LogP contribution in [0, 0.1) is 5.92 Å². The van der Waals surface area contributed by atoms with E-state index in [2.05, 4.69) is 11.9 Å². The molecule has 4 heteroatoms. The molecule has 0 atom stereocenters. The highest BCUT2D eigenvalue weighted by atomic mass is 35.5. The molecular formula is C13H17Cl2NO. The number of halogens is 2. The van der Waals surface area contributed by atoms with Crippen molar-refractivity contribution in [3.05, 3.63) is 28.0 Å². The molecule has 0 aliphatic heterocycles. The minimum Gasteiger partial charge on any atom is -0.372 e. The van der Waals surface area contributed by atoms with Crippen molar-refractivity contribution in [3.63, 3.8) is 0 Å². The van der Waals surface area contributed by atoms with Gasteiger partial charge >= 0.3 is 0 Å². The molecule has 0 saturated heterocycles. The summed E-state index contributed by atoms with van der Waals surface area (Å²) in [6, 6.07) is 3.45. The Hall–Kier alpha value is -0.310. The van der Waals surface area contributed by atoms with E-state index >= 15 is 0 Å². The Morgan fingerprint density at radius 3 is 2.65 bits per heavy atom. The predicted molar refractivity (Wildman–Crippen MR) is 70.5 cm³/mol. The molecule has 1 aliphatic rings. The van der Waals surface area contributed by atoms with Crippen LogP contribution in [-0.4, -0.2) is 11.1 Å². The lowest BCUT2D eigenvalue weighted by Crippen LogP contribution is -2.20. The van der Waals surface area contributed by atoms with E-state index in [9.17, 15) is 0 Å². The highest BCUT2D eigenvalue weighted by molar-refractivity contribution is 6.32. The van der Waals surface area contributed by atoms with Crippen molar-refractivity contribution in [2.45, 2.75) is 45.3 Å². The number of rotatable bonds is 3. The average Bonchev–Trinajstić information content (AvgIpc) is 2.32. The Kier molecular flexibility index (Phi) is 4.66. The molecule has 1 heterocycles. The summed E-state index contributed by atoms with van der Waals surface area (Å²) in [5, 5.41) is 1.09. The number of aromatic nitrogens is 1. The maximum atomic E-state index is 6.04. The topological polar surface area (TPSA) is 22.1 Å². The SMILES string of the molecule is CC1CCC(OCc2nc(Cl)ccc2Cl)CC1. The van der Waals surface area contributed by atoms with Crippen LogP contribution in [0.25, 0.3) is 0 Å². The number of pyridine rings is 1. The number of nitrogens with zero attached hydrogens (tertiary/aromatic N) is 1. The van der Waals surface area contributed by atoms with Gasteiger partial charge < -0.3 is 4.74 Å². The van der Waals surface area contributed by atoms with Crippen molar-refractivity contribution in [3.8, 4) is 0 Å². The molecule has 1 aromatic heterocycles. The van der Waals surface area contributed by atoms with E-state index < -0.39 is 0 Å². The van der Waals surface area contributed by atoms with E-state index in [-0.39, 0.29) is 0 Å². The maximum Gasteiger partial charge on any atom is 0.129 e. The Balaban J connectivity index is 1.87. The van der Waals surface area contributed by atoms with E-state index in [1.54, 1.807) is 12.1 Å². The Labute approximate surface area is 112 Å². The highest BCUT2D eigenvalue weighted by Gasteiger charge is 2.19. The second kappa shape index (κ2) is 6.03. The van der Waals surface area contributed by atoms with Crippen LogP contribution in [0.5, 0.6) is 0 Å². The maximum absolute atomic E-state index is 6.04. The van der Waals surface area contributed by atoms with Gasteiger partial charge in [0.15, 0.2) is 0 Å². The minimum atomic E-state index is 0.350. The largest absolute Gasteiger partial charge is 0.372 e. The average molecular weight is 274 g/mol. The molecule has 1 aromatic rings. The second-order valence-corrected chi connectivity index (χ2v) is 5.55. The fraction of sp³-hybridized carbons (Fsp3) is 0.615. The first-order chi connectivity index (χ1) is 8.15. The summed E-state index contributed by atoms with van der Waals surface area (Å²) in [7, 11) is 0. The molecule has 2 rings (SSSR count). The molecule has 0 unspecified atom stereocenters. The van der Waals surface area contributed by atoms with Crippen LogP contribution in [0.15, 0.2) is 12.1 Å². The molecule has 1 aliphatic carbocycles. The minimum absolute atomic E-state index is 0.350. The second-order valence-electron chi connectivity index (χ2n) is 4.76. The highest BCUT2D eigenvalue weighted by Crippen LogP contribution is 2.27. The van der Waals surface area contributed by atoms with Crippen molar-refractivity contribution < 1.29 is 4.74 Å². The third-order valence-electron chi connectivity index (χ3n) is 3.30. The van der Waals surface area contributed by atoms with E-state index in [4.69, 9.17) is 27.9 Å². The molecule has 17 heavy (non-hydrogen) atoms. The first-order valence-corrected chi connectivity index (χ1v) is 6.83. The molecule has 0 radical (unpaired) electrons. The Morgan fingerprint density at radius 1 is 1.24 bits per heavy atom. The third kappa shape index (κ3) is 3.84. The van der Waals surface area contributed by atoms with Gasteiger partial charge in [-0.25, -0.2) is 4.98 Å². The normalized spacial score (nSPS) is 24.9. The lowest BCUT2D eigenvalue weighted by atomic mass is 9.89. The van der Waals surface area contributed by atoms with Gasteiger partial charge in [0.2, 0.25) is 0 Å². The zero-order valence-corrected chi connectivity index (χ0v) is 11.5. The van der Waals surface area contributed by atoms with Crippen LogP contribution in [0.2, 0.25) is 10.2 Å². The molecule has 94 valence electrons. The molecule has 1 saturated carbocycles. The van der Waals surface area contributed by atoms with Crippen LogP contribution in [0.4, 0.5) is 0 Å². The van der Waals surface area contributed by atoms with Crippen LogP contribution in [-0.2, 0) is 11.3 Å². The van der Waals surface area contributed by atoms with E-state index in [0.717, 1.165) is 24.5 Å². The van der Waals surface area contributed by atoms with Crippen molar-refractivity contribution in [2.24, 2.45) is 5.92 Å². The zero-order valence-electron chi connectivity index (χ0n) is 9.96. The quantitative estimate of drug-likeness (QED) is 0.758. The lowest BCUT2D eigenvalue weighted by Gasteiger charge is -2.26. The van der Waals surface area contributed by atoms with Crippen molar-refractivity contribution in [2.75, 3.05) is 0 Å². The van der Waals surface area contributed by atoms with Gasteiger partial charge in [-0.3, -0.25) is 0 Å². The monoisotopic (exact) mass is 273 g/mol. The summed E-state index contributed by atoms with van der Waals surface area (Å²) in [6.07, 6.45) is 5.13. The van der Waals surface area contributed by atoms with Crippen molar-refractivity contribution in [1.82, 2.24) is 4.98 Å². The number of ether oxygens (including phenoxy) is 1. The number of hydrogen-bond donors (Lipinski definition) is 0. The molecule has 0 N–H and O–H groups in total. The Bertz CT molecular complexity index is 376. The summed E-state index contributed by atoms with van der Waals surface area (Å²) in [5.41, 5.74) is 0.734. The van der Waals surface area contributed by atoms with E-state index in [1.165, 1.54) is 12.8 Å². The number of hydrogen-bond acceptors (Lipinski definition) is 2. The molecule has 1 fully saturated rings. The van der Waals surface area contributed by atoms with Gasteiger partial charge in [0.05, 0.1) is 23.4 Å². The Morgan fingerprint density at radius 2 is 1.94 bits per heavy atom. The van der Waals surface area contributed by atoms with Gasteiger partial charge in [-0.15, -0.1) is 0 Å². The fourth-order valence-corrected chi connectivity index (χ4v) is 2.48. The first-order valence-electron chi connectivity index (χ1n) is 6.07. The van der Waals surface area contributed by atoms with Crippen molar-refractivity contribution in [1.29, 1.82) is 0 Å². The van der Waals surface area contributed by atoms with Gasteiger partial charge in [-0.2, -0.15) is 0 Å². The fourth-order valence-electron chi connectivity index (χ4n) is 2.15. The molecular weight excluding hydrogens is 257 g/mol. The van der Waals surface area contributed by atoms with Gasteiger partial charge in [-0.1, -0.05) is 30.1 Å². The van der Waals surface area contributed by atoms with Crippen molar-refractivity contribution >= 4 is 23.2 Å². The molecule has 0 amide bonds. The van der Waals surface area contributed by atoms with E-state index in [0.29, 0.717) is 22.9 Å².